The first-order chi connectivity index (χ1) is 10.1. The van der Waals surface area contributed by atoms with Crippen molar-refractivity contribution in [2.45, 2.75) is 82.7 Å². The molecule has 0 spiro atoms. The van der Waals surface area contributed by atoms with Gasteiger partial charge in [0.15, 0.2) is 0 Å². The third-order valence-corrected chi connectivity index (χ3v) is 7.00. The van der Waals surface area contributed by atoms with Crippen molar-refractivity contribution in [1.29, 1.82) is 0 Å². The Hall–Kier alpha value is -0.795. The van der Waals surface area contributed by atoms with Crippen molar-refractivity contribution >= 4 is 7.12 Å². The van der Waals surface area contributed by atoms with Crippen molar-refractivity contribution in [3.63, 3.8) is 0 Å². The Labute approximate surface area is 134 Å². The number of rotatable bonds is 2. The Morgan fingerprint density at radius 3 is 2.00 bits per heavy atom. The van der Waals surface area contributed by atoms with Gasteiger partial charge in [-0.1, -0.05) is 18.2 Å². The highest BCUT2D eigenvalue weighted by atomic mass is 16.7. The van der Waals surface area contributed by atoms with E-state index < -0.39 is 0 Å². The van der Waals surface area contributed by atoms with Gasteiger partial charge in [0.1, 0.15) is 0 Å². The highest BCUT2D eigenvalue weighted by Crippen LogP contribution is 2.81. The van der Waals surface area contributed by atoms with Crippen molar-refractivity contribution in [1.82, 2.24) is 0 Å². The van der Waals surface area contributed by atoms with Gasteiger partial charge in [0.25, 0.3) is 0 Å². The van der Waals surface area contributed by atoms with Gasteiger partial charge >= 0.3 is 7.12 Å². The molecule has 0 amide bonds. The lowest BCUT2D eigenvalue weighted by atomic mass is 9.23. The maximum atomic E-state index is 6.32. The van der Waals surface area contributed by atoms with Crippen LogP contribution in [0.2, 0.25) is 5.31 Å². The monoisotopic (exact) mass is 298 g/mol. The summed E-state index contributed by atoms with van der Waals surface area (Å²) in [5, 5.41) is 0.265. The average molecular weight is 298 g/mol. The van der Waals surface area contributed by atoms with Gasteiger partial charge in [0.05, 0.1) is 11.2 Å². The molecule has 4 fully saturated rings. The molecule has 118 valence electrons. The van der Waals surface area contributed by atoms with E-state index in [1.807, 2.05) is 0 Å². The third-order valence-electron chi connectivity index (χ3n) is 7.00. The lowest BCUT2D eigenvalue weighted by Gasteiger charge is -2.71. The molecule has 3 aliphatic carbocycles. The van der Waals surface area contributed by atoms with Crippen LogP contribution in [-0.4, -0.2) is 18.3 Å². The normalized spacial score (nSPS) is 37.6. The summed E-state index contributed by atoms with van der Waals surface area (Å²) in [7, 11) is -0.0236. The largest absolute Gasteiger partial charge is 0.464 e. The molecular formula is C19H27BO2. The third kappa shape index (κ3) is 1.64. The van der Waals surface area contributed by atoms with Crippen LogP contribution in [0.4, 0.5) is 0 Å². The molecule has 1 saturated heterocycles. The smallest absolute Gasteiger partial charge is 0.403 e. The molecule has 2 nitrogen and oxygen atoms in total. The van der Waals surface area contributed by atoms with Crippen molar-refractivity contribution in [3.05, 3.63) is 34.9 Å². The van der Waals surface area contributed by atoms with E-state index in [2.05, 4.69) is 59.7 Å². The first-order valence-corrected chi connectivity index (χ1v) is 8.53. The molecule has 0 N–H and O–H groups in total. The molecule has 1 aliphatic heterocycles. The molecule has 1 aromatic carbocycles. The van der Waals surface area contributed by atoms with Crippen LogP contribution in [-0.2, 0) is 14.7 Å². The van der Waals surface area contributed by atoms with Gasteiger partial charge in [-0.25, -0.2) is 0 Å². The van der Waals surface area contributed by atoms with Gasteiger partial charge in [-0.3, -0.25) is 0 Å². The molecule has 1 heterocycles. The second-order valence-electron chi connectivity index (χ2n) is 9.01. The van der Waals surface area contributed by atoms with Gasteiger partial charge in [-0.15, -0.1) is 0 Å². The zero-order valence-corrected chi connectivity index (χ0v) is 14.7. The van der Waals surface area contributed by atoms with Crippen molar-refractivity contribution in [2.75, 3.05) is 0 Å². The minimum atomic E-state index is -0.209. The standard InChI is InChI=1S/C19H27BO2/c1-13-8-7-9-15(14(13)2)18-10-19(11-18,12-18)20-21-16(3,4)17(5,6)22-20/h7-9H,10-12H2,1-6H3. The molecule has 5 rings (SSSR count). The summed E-state index contributed by atoms with van der Waals surface area (Å²) >= 11 is 0. The van der Waals surface area contributed by atoms with Crippen LogP contribution in [0.3, 0.4) is 0 Å². The van der Waals surface area contributed by atoms with E-state index in [4.69, 9.17) is 9.31 Å². The molecule has 4 aliphatic rings. The average Bonchev–Trinajstić information content (AvgIpc) is 2.50. The quantitative estimate of drug-likeness (QED) is 0.745. The summed E-state index contributed by atoms with van der Waals surface area (Å²) in [6.07, 6.45) is 3.67. The van der Waals surface area contributed by atoms with Gasteiger partial charge in [0.2, 0.25) is 0 Å². The summed E-state index contributed by atoms with van der Waals surface area (Å²) in [6.45, 7) is 13.1. The van der Waals surface area contributed by atoms with Crippen LogP contribution in [0.1, 0.15) is 63.6 Å². The summed E-state index contributed by atoms with van der Waals surface area (Å²) in [4.78, 5) is 0. The predicted octanol–water partition coefficient (Wildman–Crippen LogP) is 4.57. The zero-order chi connectivity index (χ0) is 16.0. The highest BCUT2D eigenvalue weighted by Gasteiger charge is 2.76. The molecule has 1 aromatic rings. The molecule has 2 bridgehead atoms. The van der Waals surface area contributed by atoms with Crippen molar-refractivity contribution in [2.24, 2.45) is 0 Å². The Morgan fingerprint density at radius 2 is 1.45 bits per heavy atom. The molecule has 3 heteroatoms. The molecular weight excluding hydrogens is 271 g/mol. The molecule has 0 radical (unpaired) electrons. The maximum Gasteiger partial charge on any atom is 0.464 e. The lowest BCUT2D eigenvalue weighted by Crippen LogP contribution is -2.66. The SMILES string of the molecule is Cc1cccc(C23CC(B4OC(C)(C)C(C)(C)O4)(C2)C3)c1C. The van der Waals surface area contributed by atoms with E-state index in [1.54, 1.807) is 5.56 Å². The van der Waals surface area contributed by atoms with Gasteiger partial charge < -0.3 is 9.31 Å². The Balaban J connectivity index is 1.54. The van der Waals surface area contributed by atoms with Gasteiger partial charge in [-0.2, -0.15) is 0 Å². The summed E-state index contributed by atoms with van der Waals surface area (Å²) in [6, 6.07) is 6.75. The van der Waals surface area contributed by atoms with Crippen LogP contribution in [0.25, 0.3) is 0 Å². The number of benzene rings is 1. The molecule has 3 saturated carbocycles. The topological polar surface area (TPSA) is 18.5 Å². The van der Waals surface area contributed by atoms with Gasteiger partial charge in [-0.05, 0) is 82.9 Å². The minimum absolute atomic E-state index is 0.0236. The highest BCUT2D eigenvalue weighted by molar-refractivity contribution is 6.51. The number of hydrogen-bond acceptors (Lipinski definition) is 2. The Bertz CT molecular complexity index is 611. The first-order valence-electron chi connectivity index (χ1n) is 8.53. The number of hydrogen-bond donors (Lipinski definition) is 0. The molecule has 0 unspecified atom stereocenters. The van der Waals surface area contributed by atoms with E-state index in [1.165, 1.54) is 30.4 Å². The molecule has 0 aromatic heterocycles. The summed E-state index contributed by atoms with van der Waals surface area (Å²) in [5.41, 5.74) is 4.43. The van der Waals surface area contributed by atoms with E-state index in [-0.39, 0.29) is 23.6 Å². The molecule has 22 heavy (non-hydrogen) atoms. The second kappa shape index (κ2) is 3.99. The van der Waals surface area contributed by atoms with Crippen LogP contribution in [0.5, 0.6) is 0 Å². The summed E-state index contributed by atoms with van der Waals surface area (Å²) in [5.74, 6) is 0. The van der Waals surface area contributed by atoms with E-state index in [0.717, 1.165) is 0 Å². The second-order valence-corrected chi connectivity index (χ2v) is 9.01. The van der Waals surface area contributed by atoms with Crippen LogP contribution >= 0.6 is 0 Å². The fourth-order valence-electron chi connectivity index (χ4n) is 4.82. The first kappa shape index (κ1) is 14.8. The van der Waals surface area contributed by atoms with E-state index >= 15 is 0 Å². The minimum Gasteiger partial charge on any atom is -0.403 e. The predicted molar refractivity (Wildman–Crippen MR) is 90.2 cm³/mol. The Morgan fingerprint density at radius 1 is 0.909 bits per heavy atom. The summed E-state index contributed by atoms with van der Waals surface area (Å²) < 4.78 is 12.6. The Kier molecular flexibility index (Phi) is 2.68. The van der Waals surface area contributed by atoms with Crippen molar-refractivity contribution < 1.29 is 9.31 Å². The fraction of sp³-hybridized carbons (Fsp3) is 0.684. The number of aryl methyl sites for hydroxylation is 1. The van der Waals surface area contributed by atoms with E-state index in [9.17, 15) is 0 Å². The van der Waals surface area contributed by atoms with Crippen molar-refractivity contribution in [3.8, 4) is 0 Å². The van der Waals surface area contributed by atoms with Crippen LogP contribution in [0.15, 0.2) is 18.2 Å². The molecule has 0 atom stereocenters. The maximum absolute atomic E-state index is 6.32. The van der Waals surface area contributed by atoms with Crippen LogP contribution in [0, 0.1) is 13.8 Å². The van der Waals surface area contributed by atoms with E-state index in [0.29, 0.717) is 5.41 Å². The zero-order valence-electron chi connectivity index (χ0n) is 14.7. The lowest BCUT2D eigenvalue weighted by molar-refractivity contribution is -0.0388. The van der Waals surface area contributed by atoms with Gasteiger partial charge in [0, 0.05) is 5.31 Å². The van der Waals surface area contributed by atoms with Crippen LogP contribution < -0.4 is 0 Å². The fourth-order valence-corrected chi connectivity index (χ4v) is 4.82.